The molecule has 0 spiro atoms. The third-order valence-corrected chi connectivity index (χ3v) is 4.33. The second-order valence-electron chi connectivity index (χ2n) is 7.01. The van der Waals surface area contributed by atoms with Crippen molar-refractivity contribution in [3.05, 3.63) is 24.0 Å². The molecule has 1 fully saturated rings. The molecule has 2 N–H and O–H groups in total. The zero-order valence-electron chi connectivity index (χ0n) is 15.2. The molecular formula is C18H25N5O2. The van der Waals surface area contributed by atoms with Gasteiger partial charge in [-0.3, -0.25) is 4.79 Å². The van der Waals surface area contributed by atoms with Crippen LogP contribution in [0.1, 0.15) is 32.5 Å². The maximum absolute atomic E-state index is 12.1. The van der Waals surface area contributed by atoms with Gasteiger partial charge in [0, 0.05) is 31.7 Å². The van der Waals surface area contributed by atoms with Crippen LogP contribution in [0.2, 0.25) is 0 Å². The molecule has 2 aromatic rings. The number of rotatable bonds is 5. The lowest BCUT2D eigenvalue weighted by atomic mass is 10.2. The highest BCUT2D eigenvalue weighted by molar-refractivity contribution is 5.95. The Kier molecular flexibility index (Phi) is 4.65. The van der Waals surface area contributed by atoms with Crippen LogP contribution in [0.15, 0.2) is 18.2 Å². The van der Waals surface area contributed by atoms with Gasteiger partial charge in [-0.25, -0.2) is 9.78 Å². The van der Waals surface area contributed by atoms with E-state index in [1.807, 2.05) is 43.7 Å². The van der Waals surface area contributed by atoms with Crippen molar-refractivity contribution < 1.29 is 9.59 Å². The van der Waals surface area contributed by atoms with E-state index >= 15 is 0 Å². The fourth-order valence-electron chi connectivity index (χ4n) is 2.70. The predicted octanol–water partition coefficient (Wildman–Crippen LogP) is 2.47. The van der Waals surface area contributed by atoms with E-state index in [4.69, 9.17) is 0 Å². The number of anilines is 1. The smallest absolute Gasteiger partial charge is 0.317 e. The van der Waals surface area contributed by atoms with E-state index in [0.29, 0.717) is 6.54 Å². The average Bonchev–Trinajstić information content (AvgIpc) is 3.34. The molecule has 0 saturated heterocycles. The van der Waals surface area contributed by atoms with Crippen LogP contribution in [0.4, 0.5) is 10.5 Å². The molecule has 1 aromatic heterocycles. The number of fused-ring (bicyclic) bond motifs is 1. The number of hydrogen-bond acceptors (Lipinski definition) is 3. The quantitative estimate of drug-likeness (QED) is 0.875. The van der Waals surface area contributed by atoms with Crippen LogP contribution < -0.4 is 10.6 Å². The first-order valence-corrected chi connectivity index (χ1v) is 8.63. The number of benzene rings is 1. The van der Waals surface area contributed by atoms with Gasteiger partial charge in [0.2, 0.25) is 5.91 Å². The number of aromatic nitrogens is 2. The Hall–Kier alpha value is -2.57. The zero-order chi connectivity index (χ0) is 18.1. The second kappa shape index (κ2) is 6.74. The van der Waals surface area contributed by atoms with Gasteiger partial charge in [0.15, 0.2) is 0 Å². The minimum absolute atomic E-state index is 0.0839. The zero-order valence-corrected chi connectivity index (χ0v) is 15.2. The highest BCUT2D eigenvalue weighted by Crippen LogP contribution is 2.30. The SMILES string of the molecule is CC(C)NC(=O)N(C)Cc1nc2cc(NC(=O)C3CC3)ccc2n1C. The molecule has 3 rings (SSSR count). The van der Waals surface area contributed by atoms with Crippen molar-refractivity contribution >= 4 is 28.7 Å². The summed E-state index contributed by atoms with van der Waals surface area (Å²) >= 11 is 0. The lowest BCUT2D eigenvalue weighted by molar-refractivity contribution is -0.117. The highest BCUT2D eigenvalue weighted by Gasteiger charge is 2.29. The Morgan fingerprint density at radius 3 is 2.72 bits per heavy atom. The van der Waals surface area contributed by atoms with E-state index < -0.39 is 0 Å². The Morgan fingerprint density at radius 2 is 2.08 bits per heavy atom. The van der Waals surface area contributed by atoms with E-state index in [0.717, 1.165) is 35.4 Å². The van der Waals surface area contributed by atoms with Gasteiger partial charge >= 0.3 is 6.03 Å². The molecular weight excluding hydrogens is 318 g/mol. The molecule has 1 saturated carbocycles. The fraction of sp³-hybridized carbons (Fsp3) is 0.500. The number of carbonyl (C=O) groups excluding carboxylic acids is 2. The molecule has 1 heterocycles. The summed E-state index contributed by atoms with van der Waals surface area (Å²) in [5, 5.41) is 5.81. The summed E-state index contributed by atoms with van der Waals surface area (Å²) in [6.07, 6.45) is 1.96. The monoisotopic (exact) mass is 343 g/mol. The van der Waals surface area contributed by atoms with Crippen LogP contribution in [-0.2, 0) is 18.4 Å². The van der Waals surface area contributed by atoms with Crippen molar-refractivity contribution in [3.63, 3.8) is 0 Å². The molecule has 0 atom stereocenters. The van der Waals surface area contributed by atoms with Crippen LogP contribution in [0.3, 0.4) is 0 Å². The second-order valence-corrected chi connectivity index (χ2v) is 7.01. The molecule has 0 unspecified atom stereocenters. The van der Waals surface area contributed by atoms with Gasteiger partial charge in [-0.15, -0.1) is 0 Å². The number of nitrogens with zero attached hydrogens (tertiary/aromatic N) is 3. The van der Waals surface area contributed by atoms with Crippen LogP contribution in [0.5, 0.6) is 0 Å². The van der Waals surface area contributed by atoms with Gasteiger partial charge in [0.1, 0.15) is 5.82 Å². The number of imidazole rings is 1. The molecule has 3 amide bonds. The first kappa shape index (κ1) is 17.3. The number of urea groups is 1. The van der Waals surface area contributed by atoms with Gasteiger partial charge in [-0.05, 0) is 44.9 Å². The van der Waals surface area contributed by atoms with E-state index in [1.165, 1.54) is 0 Å². The van der Waals surface area contributed by atoms with Crippen LogP contribution >= 0.6 is 0 Å². The molecule has 1 aliphatic rings. The third-order valence-electron chi connectivity index (χ3n) is 4.33. The predicted molar refractivity (Wildman–Crippen MR) is 97.2 cm³/mol. The molecule has 25 heavy (non-hydrogen) atoms. The maximum atomic E-state index is 12.1. The summed E-state index contributed by atoms with van der Waals surface area (Å²) in [5.74, 6) is 1.05. The standard InChI is InChI=1S/C18H25N5O2/c1-11(2)19-18(25)22(3)10-16-21-14-9-13(7-8-15(14)23(16)4)20-17(24)12-5-6-12/h7-9,11-12H,5-6,10H2,1-4H3,(H,19,25)(H,20,24). The lowest BCUT2D eigenvalue weighted by Gasteiger charge is -2.19. The van der Waals surface area contributed by atoms with E-state index in [-0.39, 0.29) is 23.9 Å². The van der Waals surface area contributed by atoms with Crippen LogP contribution in [-0.4, -0.2) is 39.5 Å². The number of amides is 3. The van der Waals surface area contributed by atoms with Crippen molar-refractivity contribution in [3.8, 4) is 0 Å². The maximum Gasteiger partial charge on any atom is 0.317 e. The van der Waals surface area contributed by atoms with Gasteiger partial charge in [0.05, 0.1) is 17.6 Å². The summed E-state index contributed by atoms with van der Waals surface area (Å²) in [6.45, 7) is 4.27. The molecule has 0 aliphatic heterocycles. The van der Waals surface area contributed by atoms with Gasteiger partial charge in [0.25, 0.3) is 0 Å². The fourth-order valence-corrected chi connectivity index (χ4v) is 2.70. The first-order chi connectivity index (χ1) is 11.8. The normalized spacial score (nSPS) is 14.0. The van der Waals surface area contributed by atoms with Gasteiger partial charge < -0.3 is 20.1 Å². The number of nitrogens with one attached hydrogen (secondary N) is 2. The Bertz CT molecular complexity index is 807. The number of hydrogen-bond donors (Lipinski definition) is 2. The molecule has 0 radical (unpaired) electrons. The third kappa shape index (κ3) is 3.92. The Labute approximate surface area is 147 Å². The molecule has 7 nitrogen and oxygen atoms in total. The molecule has 1 aromatic carbocycles. The minimum Gasteiger partial charge on any atom is -0.336 e. The van der Waals surface area contributed by atoms with Crippen molar-refractivity contribution in [1.29, 1.82) is 0 Å². The lowest BCUT2D eigenvalue weighted by Crippen LogP contribution is -2.40. The number of carbonyl (C=O) groups is 2. The summed E-state index contributed by atoms with van der Waals surface area (Å²) in [4.78, 5) is 30.2. The van der Waals surface area contributed by atoms with Crippen molar-refractivity contribution in [1.82, 2.24) is 19.8 Å². The summed E-state index contributed by atoms with van der Waals surface area (Å²) < 4.78 is 1.97. The highest BCUT2D eigenvalue weighted by atomic mass is 16.2. The van der Waals surface area contributed by atoms with Crippen molar-refractivity contribution in [2.24, 2.45) is 13.0 Å². The summed E-state index contributed by atoms with van der Waals surface area (Å²) in [5.41, 5.74) is 2.54. The van der Waals surface area contributed by atoms with Gasteiger partial charge in [-0.1, -0.05) is 0 Å². The Morgan fingerprint density at radius 1 is 1.36 bits per heavy atom. The van der Waals surface area contributed by atoms with Crippen molar-refractivity contribution in [2.45, 2.75) is 39.3 Å². The summed E-state index contributed by atoms with van der Waals surface area (Å²) in [6, 6.07) is 5.69. The van der Waals surface area contributed by atoms with E-state index in [1.54, 1.807) is 11.9 Å². The molecule has 134 valence electrons. The van der Waals surface area contributed by atoms with E-state index in [2.05, 4.69) is 15.6 Å². The average molecular weight is 343 g/mol. The topological polar surface area (TPSA) is 79.3 Å². The summed E-state index contributed by atoms with van der Waals surface area (Å²) in [7, 11) is 3.68. The minimum atomic E-state index is -0.126. The van der Waals surface area contributed by atoms with Crippen LogP contribution in [0, 0.1) is 5.92 Å². The first-order valence-electron chi connectivity index (χ1n) is 8.63. The molecule has 0 bridgehead atoms. The van der Waals surface area contributed by atoms with Gasteiger partial charge in [-0.2, -0.15) is 0 Å². The molecule has 1 aliphatic carbocycles. The largest absolute Gasteiger partial charge is 0.336 e. The van der Waals surface area contributed by atoms with Crippen molar-refractivity contribution in [2.75, 3.05) is 12.4 Å². The van der Waals surface area contributed by atoms with Crippen LogP contribution in [0.25, 0.3) is 11.0 Å². The van der Waals surface area contributed by atoms with E-state index in [9.17, 15) is 9.59 Å². The Balaban J connectivity index is 1.76. The molecule has 7 heteroatoms. The number of aryl methyl sites for hydroxylation is 1.